The topological polar surface area (TPSA) is 47.6 Å². The number of benzene rings is 1. The zero-order valence-electron chi connectivity index (χ0n) is 9.52. The summed E-state index contributed by atoms with van der Waals surface area (Å²) in [5.74, 6) is 1.95. The molecule has 1 aliphatic carbocycles. The van der Waals surface area contributed by atoms with Crippen LogP contribution < -0.4 is 14.8 Å². The van der Waals surface area contributed by atoms with Gasteiger partial charge in [0.1, 0.15) is 6.61 Å². The van der Waals surface area contributed by atoms with Crippen molar-refractivity contribution >= 4 is 5.91 Å². The van der Waals surface area contributed by atoms with Crippen LogP contribution >= 0.6 is 0 Å². The van der Waals surface area contributed by atoms with E-state index in [4.69, 9.17) is 9.47 Å². The number of nitrogens with one attached hydrogen (secondary N) is 1. The first kappa shape index (κ1) is 10.4. The van der Waals surface area contributed by atoms with Crippen LogP contribution in [0, 0.1) is 5.92 Å². The van der Waals surface area contributed by atoms with Gasteiger partial charge in [-0.05, 0) is 30.9 Å². The van der Waals surface area contributed by atoms with Crippen molar-refractivity contribution in [2.75, 3.05) is 13.2 Å². The van der Waals surface area contributed by atoms with Gasteiger partial charge in [-0.1, -0.05) is 12.1 Å². The van der Waals surface area contributed by atoms with Crippen molar-refractivity contribution in [2.45, 2.75) is 18.9 Å². The van der Waals surface area contributed by atoms with Crippen LogP contribution in [0.5, 0.6) is 11.5 Å². The molecule has 2 aliphatic rings. The summed E-state index contributed by atoms with van der Waals surface area (Å²) < 4.78 is 11.1. The summed E-state index contributed by atoms with van der Waals surface area (Å²) in [5.41, 5.74) is 0. The summed E-state index contributed by atoms with van der Waals surface area (Å²) in [4.78, 5) is 11.8. The molecule has 0 radical (unpaired) electrons. The van der Waals surface area contributed by atoms with Gasteiger partial charge in [0, 0.05) is 6.54 Å². The average Bonchev–Trinajstić information content (AvgIpc) is 3.19. The molecule has 4 heteroatoms. The lowest BCUT2D eigenvalue weighted by Gasteiger charge is -2.25. The predicted molar refractivity (Wildman–Crippen MR) is 62.1 cm³/mol. The minimum atomic E-state index is -0.524. The fourth-order valence-electron chi connectivity index (χ4n) is 1.83. The molecule has 0 aromatic heterocycles. The van der Waals surface area contributed by atoms with E-state index in [1.54, 1.807) is 0 Å². The van der Waals surface area contributed by atoms with Crippen LogP contribution in [0.25, 0.3) is 0 Å². The quantitative estimate of drug-likeness (QED) is 0.857. The highest BCUT2D eigenvalue weighted by molar-refractivity contribution is 5.81. The summed E-state index contributed by atoms with van der Waals surface area (Å²) in [6.07, 6.45) is 1.93. The van der Waals surface area contributed by atoms with Gasteiger partial charge in [-0.2, -0.15) is 0 Å². The van der Waals surface area contributed by atoms with E-state index in [-0.39, 0.29) is 12.5 Å². The Balaban J connectivity index is 1.60. The van der Waals surface area contributed by atoms with E-state index in [0.717, 1.165) is 6.54 Å². The van der Waals surface area contributed by atoms with Crippen molar-refractivity contribution in [3.05, 3.63) is 24.3 Å². The molecule has 1 N–H and O–H groups in total. The molecule has 4 nitrogen and oxygen atoms in total. The number of amides is 1. The predicted octanol–water partition coefficient (Wildman–Crippen LogP) is 1.35. The third-order valence-corrected chi connectivity index (χ3v) is 3.06. The number of hydrogen-bond acceptors (Lipinski definition) is 3. The summed E-state index contributed by atoms with van der Waals surface area (Å²) in [5, 5.41) is 2.90. The second-order valence-corrected chi connectivity index (χ2v) is 4.55. The van der Waals surface area contributed by atoms with E-state index in [1.807, 2.05) is 24.3 Å². The maximum absolute atomic E-state index is 11.8. The molecule has 90 valence electrons. The van der Waals surface area contributed by atoms with Crippen LogP contribution in [0.2, 0.25) is 0 Å². The third kappa shape index (κ3) is 2.35. The largest absolute Gasteiger partial charge is 0.485 e. The van der Waals surface area contributed by atoms with Crippen molar-refractivity contribution < 1.29 is 14.3 Å². The van der Waals surface area contributed by atoms with E-state index in [0.29, 0.717) is 17.4 Å². The van der Waals surface area contributed by atoms with Gasteiger partial charge in [-0.15, -0.1) is 0 Å². The Hall–Kier alpha value is -1.71. The second kappa shape index (κ2) is 4.28. The molecule has 1 amide bonds. The Morgan fingerprint density at radius 3 is 2.82 bits per heavy atom. The van der Waals surface area contributed by atoms with Gasteiger partial charge in [0.15, 0.2) is 11.5 Å². The van der Waals surface area contributed by atoms with Gasteiger partial charge in [-0.3, -0.25) is 4.79 Å². The summed E-state index contributed by atoms with van der Waals surface area (Å²) >= 11 is 0. The van der Waals surface area contributed by atoms with Crippen LogP contribution in [0.1, 0.15) is 12.8 Å². The van der Waals surface area contributed by atoms with Crippen molar-refractivity contribution in [1.29, 1.82) is 0 Å². The molecular weight excluding hydrogens is 218 g/mol. The maximum atomic E-state index is 11.8. The number of carbonyl (C=O) groups is 1. The number of carbonyl (C=O) groups excluding carboxylic acids is 1. The monoisotopic (exact) mass is 233 g/mol. The molecule has 1 fully saturated rings. The van der Waals surface area contributed by atoms with Gasteiger partial charge in [0.2, 0.25) is 6.10 Å². The maximum Gasteiger partial charge on any atom is 0.264 e. The third-order valence-electron chi connectivity index (χ3n) is 3.06. The molecule has 1 saturated carbocycles. The Kier molecular flexibility index (Phi) is 2.63. The van der Waals surface area contributed by atoms with Crippen LogP contribution in [-0.4, -0.2) is 25.2 Å². The smallest absolute Gasteiger partial charge is 0.264 e. The SMILES string of the molecule is O=C(NCC1CC1)[C@@H]1COc2ccccc2O1. The highest BCUT2D eigenvalue weighted by Gasteiger charge is 2.29. The van der Waals surface area contributed by atoms with Crippen molar-refractivity contribution in [2.24, 2.45) is 5.92 Å². The van der Waals surface area contributed by atoms with Crippen molar-refractivity contribution in [1.82, 2.24) is 5.32 Å². The molecule has 0 saturated heterocycles. The van der Waals surface area contributed by atoms with Crippen LogP contribution in [0.4, 0.5) is 0 Å². The van der Waals surface area contributed by atoms with E-state index < -0.39 is 6.10 Å². The molecular formula is C13H15NO3. The van der Waals surface area contributed by atoms with Gasteiger partial charge >= 0.3 is 0 Å². The van der Waals surface area contributed by atoms with E-state index >= 15 is 0 Å². The number of ether oxygens (including phenoxy) is 2. The standard InChI is InChI=1S/C13H15NO3/c15-13(14-7-9-5-6-9)12-8-16-10-3-1-2-4-11(10)17-12/h1-4,9,12H,5-8H2,(H,14,15)/t12-/m0/s1. The van der Waals surface area contributed by atoms with Gasteiger partial charge < -0.3 is 14.8 Å². The summed E-state index contributed by atoms with van der Waals surface area (Å²) in [6, 6.07) is 7.41. The molecule has 1 heterocycles. The zero-order chi connectivity index (χ0) is 11.7. The minimum absolute atomic E-state index is 0.0774. The van der Waals surface area contributed by atoms with Crippen LogP contribution in [-0.2, 0) is 4.79 Å². The summed E-state index contributed by atoms with van der Waals surface area (Å²) in [6.45, 7) is 1.05. The number of fused-ring (bicyclic) bond motifs is 1. The molecule has 1 aromatic carbocycles. The number of para-hydroxylation sites is 2. The fourth-order valence-corrected chi connectivity index (χ4v) is 1.83. The van der Waals surface area contributed by atoms with Crippen molar-refractivity contribution in [3.8, 4) is 11.5 Å². The van der Waals surface area contributed by atoms with Gasteiger partial charge in [0.05, 0.1) is 0 Å². The van der Waals surface area contributed by atoms with Crippen LogP contribution in [0.3, 0.4) is 0 Å². The lowest BCUT2D eigenvalue weighted by Crippen LogP contribution is -2.44. The van der Waals surface area contributed by atoms with E-state index in [1.165, 1.54) is 12.8 Å². The minimum Gasteiger partial charge on any atom is -0.485 e. The molecule has 1 aromatic rings. The molecule has 0 unspecified atom stereocenters. The molecule has 1 atom stereocenters. The van der Waals surface area contributed by atoms with E-state index in [9.17, 15) is 4.79 Å². The van der Waals surface area contributed by atoms with E-state index in [2.05, 4.69) is 5.32 Å². The number of rotatable bonds is 3. The fraction of sp³-hybridized carbons (Fsp3) is 0.462. The molecule has 0 bridgehead atoms. The Labute approximate surface area is 99.9 Å². The Morgan fingerprint density at radius 2 is 2.06 bits per heavy atom. The second-order valence-electron chi connectivity index (χ2n) is 4.55. The van der Waals surface area contributed by atoms with Gasteiger partial charge in [0.25, 0.3) is 5.91 Å². The van der Waals surface area contributed by atoms with Crippen LogP contribution in [0.15, 0.2) is 24.3 Å². The summed E-state index contributed by atoms with van der Waals surface area (Å²) in [7, 11) is 0. The van der Waals surface area contributed by atoms with Crippen molar-refractivity contribution in [3.63, 3.8) is 0 Å². The molecule has 0 spiro atoms. The van der Waals surface area contributed by atoms with Gasteiger partial charge in [-0.25, -0.2) is 0 Å². The lowest BCUT2D eigenvalue weighted by molar-refractivity contribution is -0.130. The number of hydrogen-bond donors (Lipinski definition) is 1. The molecule has 3 rings (SSSR count). The first-order chi connectivity index (χ1) is 8.33. The molecule has 1 aliphatic heterocycles. The average molecular weight is 233 g/mol. The highest BCUT2D eigenvalue weighted by Crippen LogP contribution is 2.31. The normalized spacial score (nSPS) is 22.0. The molecule has 17 heavy (non-hydrogen) atoms. The zero-order valence-corrected chi connectivity index (χ0v) is 9.52. The highest BCUT2D eigenvalue weighted by atomic mass is 16.6. The Bertz CT molecular complexity index is 428. The first-order valence-electron chi connectivity index (χ1n) is 5.99. The first-order valence-corrected chi connectivity index (χ1v) is 5.99. The Morgan fingerprint density at radius 1 is 1.29 bits per heavy atom. The lowest BCUT2D eigenvalue weighted by atomic mass is 10.2.